The van der Waals surface area contributed by atoms with Crippen molar-refractivity contribution in [1.82, 2.24) is 9.80 Å². The van der Waals surface area contributed by atoms with Crippen LogP contribution in [0.3, 0.4) is 0 Å². The molecule has 2 unspecified atom stereocenters. The maximum atomic E-state index is 12.8. The number of carbonyl (C=O) groups excluding carboxylic acids is 1. The number of carbonyl (C=O) groups is 1. The summed E-state index contributed by atoms with van der Waals surface area (Å²) >= 11 is 6.19. The molecule has 0 spiro atoms. The van der Waals surface area contributed by atoms with Crippen molar-refractivity contribution in [3.05, 3.63) is 28.8 Å². The van der Waals surface area contributed by atoms with Crippen LogP contribution in [-0.4, -0.2) is 47.4 Å². The van der Waals surface area contributed by atoms with E-state index < -0.39 is 0 Å². The molecule has 114 valence electrons. The first-order valence-electron chi connectivity index (χ1n) is 7.66. The summed E-state index contributed by atoms with van der Waals surface area (Å²) in [5.41, 5.74) is 6.85. The minimum atomic E-state index is 0.0257. The van der Waals surface area contributed by atoms with Gasteiger partial charge in [-0.1, -0.05) is 18.0 Å². The highest BCUT2D eigenvalue weighted by Crippen LogP contribution is 2.27. The fourth-order valence-corrected chi connectivity index (χ4v) is 3.76. The van der Waals surface area contributed by atoms with E-state index in [-0.39, 0.29) is 11.9 Å². The van der Waals surface area contributed by atoms with Gasteiger partial charge < -0.3 is 10.6 Å². The van der Waals surface area contributed by atoms with E-state index >= 15 is 0 Å². The van der Waals surface area contributed by atoms with Gasteiger partial charge in [0.25, 0.3) is 5.91 Å². The molecule has 21 heavy (non-hydrogen) atoms. The third-order valence-electron chi connectivity index (χ3n) is 4.67. The lowest BCUT2D eigenvalue weighted by molar-refractivity contribution is 0.0152. The molecule has 2 aliphatic heterocycles. The minimum absolute atomic E-state index is 0.0257. The summed E-state index contributed by atoms with van der Waals surface area (Å²) in [6.07, 6.45) is 3.73. The number of fused-ring (bicyclic) bond motifs is 1. The second kappa shape index (κ2) is 5.85. The number of hydrogen-bond donors (Lipinski definition) is 1. The summed E-state index contributed by atoms with van der Waals surface area (Å²) in [6, 6.07) is 5.85. The Kier molecular flexibility index (Phi) is 4.09. The topological polar surface area (TPSA) is 49.6 Å². The van der Waals surface area contributed by atoms with Crippen molar-refractivity contribution in [3.8, 4) is 0 Å². The molecule has 2 heterocycles. The van der Waals surface area contributed by atoms with Gasteiger partial charge in [0.1, 0.15) is 0 Å². The SMILES string of the molecule is CC1CN2CCCCC2CN1C(=O)c1ccc(N)cc1Cl. The van der Waals surface area contributed by atoms with Crippen LogP contribution in [0.1, 0.15) is 36.5 Å². The number of anilines is 1. The number of rotatable bonds is 1. The molecule has 0 aromatic heterocycles. The first-order chi connectivity index (χ1) is 10.1. The number of amides is 1. The Bertz CT molecular complexity index is 548. The molecule has 2 fully saturated rings. The number of piperazine rings is 1. The molecule has 1 aromatic rings. The average molecular weight is 308 g/mol. The van der Waals surface area contributed by atoms with Crippen molar-refractivity contribution < 1.29 is 4.79 Å². The van der Waals surface area contributed by atoms with Crippen molar-refractivity contribution in [2.24, 2.45) is 0 Å². The van der Waals surface area contributed by atoms with Crippen molar-refractivity contribution in [3.63, 3.8) is 0 Å². The van der Waals surface area contributed by atoms with E-state index in [1.807, 2.05) is 4.90 Å². The largest absolute Gasteiger partial charge is 0.399 e. The van der Waals surface area contributed by atoms with E-state index in [4.69, 9.17) is 17.3 Å². The van der Waals surface area contributed by atoms with Gasteiger partial charge in [-0.15, -0.1) is 0 Å². The lowest BCUT2D eigenvalue weighted by Gasteiger charge is -2.47. The molecule has 0 saturated carbocycles. The number of benzene rings is 1. The molecule has 0 aliphatic carbocycles. The predicted octanol–water partition coefficient (Wildman–Crippen LogP) is 2.62. The van der Waals surface area contributed by atoms with Crippen LogP contribution >= 0.6 is 11.6 Å². The zero-order valence-corrected chi connectivity index (χ0v) is 13.1. The smallest absolute Gasteiger partial charge is 0.255 e. The summed E-state index contributed by atoms with van der Waals surface area (Å²) in [5, 5.41) is 0.443. The number of nitrogen functional groups attached to an aromatic ring is 1. The molecule has 5 heteroatoms. The van der Waals surface area contributed by atoms with Gasteiger partial charge in [0, 0.05) is 30.9 Å². The van der Waals surface area contributed by atoms with E-state index in [0.717, 1.165) is 13.1 Å². The maximum absolute atomic E-state index is 12.8. The minimum Gasteiger partial charge on any atom is -0.399 e. The highest BCUT2D eigenvalue weighted by molar-refractivity contribution is 6.34. The zero-order chi connectivity index (χ0) is 15.0. The van der Waals surface area contributed by atoms with Crippen molar-refractivity contribution >= 4 is 23.2 Å². The molecule has 3 rings (SSSR count). The monoisotopic (exact) mass is 307 g/mol. The van der Waals surface area contributed by atoms with Gasteiger partial charge >= 0.3 is 0 Å². The second-order valence-corrected chi connectivity index (χ2v) is 6.60. The fraction of sp³-hybridized carbons (Fsp3) is 0.562. The summed E-state index contributed by atoms with van der Waals surface area (Å²) in [4.78, 5) is 17.3. The average Bonchev–Trinajstić information content (AvgIpc) is 2.46. The van der Waals surface area contributed by atoms with Crippen LogP contribution in [0.2, 0.25) is 5.02 Å². The number of hydrogen-bond acceptors (Lipinski definition) is 3. The quantitative estimate of drug-likeness (QED) is 0.811. The summed E-state index contributed by atoms with van der Waals surface area (Å²) in [5.74, 6) is 0.0257. The lowest BCUT2D eigenvalue weighted by atomic mass is 9.96. The lowest BCUT2D eigenvalue weighted by Crippen LogP contribution is -2.60. The number of nitrogens with zero attached hydrogens (tertiary/aromatic N) is 2. The third kappa shape index (κ3) is 2.87. The normalized spacial score (nSPS) is 26.5. The van der Waals surface area contributed by atoms with Gasteiger partial charge in [-0.05, 0) is 44.5 Å². The van der Waals surface area contributed by atoms with E-state index in [9.17, 15) is 4.79 Å². The Hall–Kier alpha value is -1.26. The molecule has 2 saturated heterocycles. The van der Waals surface area contributed by atoms with Crippen LogP contribution in [0.5, 0.6) is 0 Å². The van der Waals surface area contributed by atoms with Crippen molar-refractivity contribution in [2.75, 3.05) is 25.4 Å². The maximum Gasteiger partial charge on any atom is 0.255 e. The highest BCUT2D eigenvalue weighted by atomic mass is 35.5. The number of halogens is 1. The van der Waals surface area contributed by atoms with Gasteiger partial charge in [-0.2, -0.15) is 0 Å². The van der Waals surface area contributed by atoms with Crippen LogP contribution < -0.4 is 5.73 Å². The second-order valence-electron chi connectivity index (χ2n) is 6.19. The van der Waals surface area contributed by atoms with Gasteiger partial charge in [0.15, 0.2) is 0 Å². The molecular formula is C16H22ClN3O. The van der Waals surface area contributed by atoms with Gasteiger partial charge in [0.05, 0.1) is 10.6 Å². The van der Waals surface area contributed by atoms with E-state index in [0.29, 0.717) is 22.3 Å². The van der Waals surface area contributed by atoms with Gasteiger partial charge in [-0.25, -0.2) is 0 Å². The molecule has 1 aromatic carbocycles. The molecule has 2 N–H and O–H groups in total. The van der Waals surface area contributed by atoms with E-state index in [1.165, 1.54) is 25.8 Å². The first kappa shape index (κ1) is 14.7. The Balaban J connectivity index is 1.80. The van der Waals surface area contributed by atoms with Crippen molar-refractivity contribution in [1.29, 1.82) is 0 Å². The van der Waals surface area contributed by atoms with E-state index in [1.54, 1.807) is 18.2 Å². The van der Waals surface area contributed by atoms with Crippen molar-refractivity contribution in [2.45, 2.75) is 38.3 Å². The third-order valence-corrected chi connectivity index (χ3v) is 4.98. The fourth-order valence-electron chi connectivity index (χ4n) is 3.49. The van der Waals surface area contributed by atoms with Gasteiger partial charge in [0.2, 0.25) is 0 Å². The standard InChI is InChI=1S/C16H22ClN3O/c1-11-9-19-7-3-2-4-13(19)10-20(11)16(21)14-6-5-12(18)8-15(14)17/h5-6,8,11,13H,2-4,7,9-10,18H2,1H3. The van der Waals surface area contributed by atoms with Crippen LogP contribution in [0.4, 0.5) is 5.69 Å². The first-order valence-corrected chi connectivity index (χ1v) is 8.04. The Morgan fingerprint density at radius 2 is 2.14 bits per heavy atom. The van der Waals surface area contributed by atoms with Crippen LogP contribution in [0, 0.1) is 0 Å². The zero-order valence-electron chi connectivity index (χ0n) is 12.4. The molecular weight excluding hydrogens is 286 g/mol. The predicted molar refractivity (Wildman–Crippen MR) is 85.6 cm³/mol. The summed E-state index contributed by atoms with van der Waals surface area (Å²) < 4.78 is 0. The van der Waals surface area contributed by atoms with Crippen LogP contribution in [-0.2, 0) is 0 Å². The van der Waals surface area contributed by atoms with Crippen LogP contribution in [0.25, 0.3) is 0 Å². The molecule has 1 amide bonds. The van der Waals surface area contributed by atoms with Gasteiger partial charge in [-0.3, -0.25) is 9.69 Å². The molecule has 2 aliphatic rings. The summed E-state index contributed by atoms with van der Waals surface area (Å²) in [6.45, 7) is 5.05. The Labute approximate surface area is 130 Å². The Morgan fingerprint density at radius 1 is 1.33 bits per heavy atom. The Morgan fingerprint density at radius 3 is 2.90 bits per heavy atom. The number of piperidine rings is 1. The van der Waals surface area contributed by atoms with Crippen LogP contribution in [0.15, 0.2) is 18.2 Å². The molecule has 0 bridgehead atoms. The number of nitrogens with two attached hydrogens (primary N) is 1. The van der Waals surface area contributed by atoms with E-state index in [2.05, 4.69) is 11.8 Å². The molecule has 0 radical (unpaired) electrons. The summed E-state index contributed by atoms with van der Waals surface area (Å²) in [7, 11) is 0. The molecule has 2 atom stereocenters. The highest BCUT2D eigenvalue weighted by Gasteiger charge is 2.35. The molecule has 4 nitrogen and oxygen atoms in total.